The van der Waals surface area contributed by atoms with E-state index in [1.54, 1.807) is 7.11 Å². The van der Waals surface area contributed by atoms with Gasteiger partial charge in [-0.1, -0.05) is 38.1 Å². The Morgan fingerprint density at radius 3 is 2.53 bits per heavy atom. The van der Waals surface area contributed by atoms with E-state index in [9.17, 15) is 0 Å². The molecule has 0 unspecified atom stereocenters. The van der Waals surface area contributed by atoms with Crippen LogP contribution in [0.15, 0.2) is 30.4 Å². The monoisotopic (exact) mass is 259 g/mol. The summed E-state index contributed by atoms with van der Waals surface area (Å²) in [6.45, 7) is 7.51. The summed E-state index contributed by atoms with van der Waals surface area (Å²) in [6.07, 6.45) is 6.82. The average molecular weight is 259 g/mol. The summed E-state index contributed by atoms with van der Waals surface area (Å²) >= 11 is 0. The number of nitrogens with one attached hydrogen (secondary N) is 1. The van der Waals surface area contributed by atoms with Gasteiger partial charge in [-0.25, -0.2) is 0 Å². The van der Waals surface area contributed by atoms with E-state index in [1.165, 1.54) is 11.1 Å². The Morgan fingerprint density at radius 1 is 1.26 bits per heavy atom. The quantitative estimate of drug-likeness (QED) is 0.816. The molecule has 1 aromatic carbocycles. The summed E-state index contributed by atoms with van der Waals surface area (Å²) in [4.78, 5) is 0. The molecule has 2 heteroatoms. The van der Waals surface area contributed by atoms with Crippen LogP contribution in [0.4, 0.5) is 0 Å². The minimum absolute atomic E-state index is 0.200. The van der Waals surface area contributed by atoms with Gasteiger partial charge in [-0.2, -0.15) is 0 Å². The normalized spacial score (nSPS) is 17.1. The van der Waals surface area contributed by atoms with Crippen LogP contribution < -0.4 is 10.1 Å². The molecular formula is C17H25NO. The summed E-state index contributed by atoms with van der Waals surface area (Å²) in [7, 11) is 1.75. The second-order valence-electron chi connectivity index (χ2n) is 5.88. The number of hydrogen-bond donors (Lipinski definition) is 1. The van der Waals surface area contributed by atoms with Crippen molar-refractivity contribution in [2.45, 2.75) is 45.1 Å². The van der Waals surface area contributed by atoms with Crippen LogP contribution in [-0.2, 0) is 5.41 Å². The van der Waals surface area contributed by atoms with Gasteiger partial charge in [0.05, 0.1) is 7.11 Å². The number of rotatable bonds is 5. The molecule has 1 aliphatic carbocycles. The van der Waals surface area contributed by atoms with E-state index in [2.05, 4.69) is 56.4 Å². The van der Waals surface area contributed by atoms with E-state index in [0.717, 1.165) is 25.1 Å². The molecule has 1 aliphatic rings. The number of ether oxygens (including phenoxy) is 1. The third-order valence-electron chi connectivity index (χ3n) is 4.05. The number of aryl methyl sites for hydroxylation is 1. The molecule has 19 heavy (non-hydrogen) atoms. The fourth-order valence-corrected chi connectivity index (χ4v) is 2.73. The van der Waals surface area contributed by atoms with Gasteiger partial charge in [0.25, 0.3) is 0 Å². The first kappa shape index (κ1) is 14.1. The first-order valence-electron chi connectivity index (χ1n) is 7.11. The van der Waals surface area contributed by atoms with Crippen LogP contribution in [0.3, 0.4) is 0 Å². The summed E-state index contributed by atoms with van der Waals surface area (Å²) in [5.41, 5.74) is 2.78. The predicted molar refractivity (Wildman–Crippen MR) is 80.9 cm³/mol. The molecule has 0 saturated heterocycles. The molecule has 0 spiro atoms. The van der Waals surface area contributed by atoms with Crippen LogP contribution in [0.5, 0.6) is 5.75 Å². The van der Waals surface area contributed by atoms with Crippen LogP contribution in [-0.4, -0.2) is 19.7 Å². The Labute approximate surface area is 116 Å². The zero-order chi connectivity index (χ0) is 13.9. The molecule has 0 aliphatic heterocycles. The Morgan fingerprint density at radius 2 is 1.95 bits per heavy atom. The van der Waals surface area contributed by atoms with Crippen molar-refractivity contribution in [1.29, 1.82) is 0 Å². The van der Waals surface area contributed by atoms with Gasteiger partial charge in [0.1, 0.15) is 5.75 Å². The summed E-state index contributed by atoms with van der Waals surface area (Å²) in [5.74, 6) is 0.994. The van der Waals surface area contributed by atoms with Gasteiger partial charge in [0, 0.05) is 18.0 Å². The maximum Gasteiger partial charge on any atom is 0.122 e. The Hall–Kier alpha value is -1.28. The van der Waals surface area contributed by atoms with Gasteiger partial charge in [0.15, 0.2) is 0 Å². The van der Waals surface area contributed by atoms with Crippen molar-refractivity contribution >= 4 is 0 Å². The SMILES string of the molecule is COc1cc(C2(CNC(C)C)CC=CC2)ccc1C. The van der Waals surface area contributed by atoms with Crippen molar-refractivity contribution in [3.05, 3.63) is 41.5 Å². The maximum absolute atomic E-state index is 5.47. The second kappa shape index (κ2) is 5.79. The number of methoxy groups -OCH3 is 1. The minimum atomic E-state index is 0.200. The van der Waals surface area contributed by atoms with Gasteiger partial charge in [0.2, 0.25) is 0 Å². The van der Waals surface area contributed by atoms with Crippen molar-refractivity contribution in [2.24, 2.45) is 0 Å². The fraction of sp³-hybridized carbons (Fsp3) is 0.529. The third kappa shape index (κ3) is 3.01. The molecule has 0 fully saturated rings. The largest absolute Gasteiger partial charge is 0.496 e. The lowest BCUT2D eigenvalue weighted by Gasteiger charge is -2.31. The van der Waals surface area contributed by atoms with Crippen molar-refractivity contribution in [3.8, 4) is 5.75 Å². The molecule has 1 N–H and O–H groups in total. The lowest BCUT2D eigenvalue weighted by molar-refractivity contribution is 0.388. The highest BCUT2D eigenvalue weighted by atomic mass is 16.5. The lowest BCUT2D eigenvalue weighted by Crippen LogP contribution is -2.39. The molecule has 2 nitrogen and oxygen atoms in total. The Balaban J connectivity index is 2.28. The molecule has 2 rings (SSSR count). The van der Waals surface area contributed by atoms with Gasteiger partial charge >= 0.3 is 0 Å². The summed E-state index contributed by atoms with van der Waals surface area (Å²) in [5, 5.41) is 3.60. The van der Waals surface area contributed by atoms with Gasteiger partial charge in [-0.15, -0.1) is 0 Å². The molecule has 0 atom stereocenters. The van der Waals surface area contributed by atoms with Crippen LogP contribution in [0.2, 0.25) is 0 Å². The molecule has 0 radical (unpaired) electrons. The summed E-state index contributed by atoms with van der Waals surface area (Å²) in [6, 6.07) is 7.16. The lowest BCUT2D eigenvalue weighted by atomic mass is 9.77. The van der Waals surface area contributed by atoms with E-state index < -0.39 is 0 Å². The Bertz CT molecular complexity index is 454. The minimum Gasteiger partial charge on any atom is -0.496 e. The molecule has 0 aromatic heterocycles. The number of hydrogen-bond acceptors (Lipinski definition) is 2. The van der Waals surface area contributed by atoms with Gasteiger partial charge in [-0.05, 0) is 37.0 Å². The van der Waals surface area contributed by atoms with Crippen LogP contribution in [0.1, 0.15) is 37.8 Å². The standard InChI is InChI=1S/C17H25NO/c1-13(2)18-12-17(9-5-6-10-17)15-8-7-14(3)16(11-15)19-4/h5-8,11,13,18H,9-10,12H2,1-4H3. The molecule has 0 amide bonds. The second-order valence-corrected chi connectivity index (χ2v) is 5.88. The highest BCUT2D eigenvalue weighted by Gasteiger charge is 2.33. The zero-order valence-electron chi connectivity index (χ0n) is 12.5. The molecular weight excluding hydrogens is 234 g/mol. The molecule has 0 saturated carbocycles. The topological polar surface area (TPSA) is 21.3 Å². The first-order valence-corrected chi connectivity index (χ1v) is 7.11. The van der Waals surface area contributed by atoms with Crippen molar-refractivity contribution < 1.29 is 4.74 Å². The van der Waals surface area contributed by atoms with Crippen LogP contribution >= 0.6 is 0 Å². The third-order valence-corrected chi connectivity index (χ3v) is 4.05. The van der Waals surface area contributed by atoms with Gasteiger partial charge < -0.3 is 10.1 Å². The number of benzene rings is 1. The molecule has 1 aromatic rings. The first-order chi connectivity index (χ1) is 9.07. The van der Waals surface area contributed by atoms with E-state index >= 15 is 0 Å². The molecule has 0 bridgehead atoms. The highest BCUT2D eigenvalue weighted by molar-refractivity contribution is 5.41. The average Bonchev–Trinajstić information content (AvgIpc) is 2.87. The molecule has 0 heterocycles. The number of allylic oxidation sites excluding steroid dienone is 2. The summed E-state index contributed by atoms with van der Waals surface area (Å²) < 4.78 is 5.47. The van der Waals surface area contributed by atoms with E-state index in [1.807, 2.05) is 0 Å². The van der Waals surface area contributed by atoms with Gasteiger partial charge in [-0.3, -0.25) is 0 Å². The van der Waals surface area contributed by atoms with Crippen molar-refractivity contribution in [3.63, 3.8) is 0 Å². The predicted octanol–water partition coefficient (Wildman–Crippen LogP) is 3.59. The van der Waals surface area contributed by atoms with Crippen molar-refractivity contribution in [2.75, 3.05) is 13.7 Å². The maximum atomic E-state index is 5.47. The van der Waals surface area contributed by atoms with E-state index in [4.69, 9.17) is 4.74 Å². The van der Waals surface area contributed by atoms with Crippen LogP contribution in [0, 0.1) is 6.92 Å². The molecule has 104 valence electrons. The highest BCUT2D eigenvalue weighted by Crippen LogP contribution is 2.38. The van der Waals surface area contributed by atoms with Crippen LogP contribution in [0.25, 0.3) is 0 Å². The Kier molecular flexibility index (Phi) is 4.31. The fourth-order valence-electron chi connectivity index (χ4n) is 2.73. The smallest absolute Gasteiger partial charge is 0.122 e. The zero-order valence-corrected chi connectivity index (χ0v) is 12.5. The van der Waals surface area contributed by atoms with E-state index in [-0.39, 0.29) is 5.41 Å². The van der Waals surface area contributed by atoms with E-state index in [0.29, 0.717) is 6.04 Å². The van der Waals surface area contributed by atoms with Crippen molar-refractivity contribution in [1.82, 2.24) is 5.32 Å².